The van der Waals surface area contributed by atoms with E-state index in [1.165, 1.54) is 32.1 Å². The van der Waals surface area contributed by atoms with Crippen molar-refractivity contribution in [2.24, 2.45) is 5.41 Å². The summed E-state index contributed by atoms with van der Waals surface area (Å²) in [5.41, 5.74) is 0.520. The first-order valence-corrected chi connectivity index (χ1v) is 7.49. The summed E-state index contributed by atoms with van der Waals surface area (Å²) in [6.45, 7) is 6.89. The summed E-state index contributed by atoms with van der Waals surface area (Å²) in [5.74, 6) is 0. The minimum Gasteiger partial charge on any atom is -0.357 e. The van der Waals surface area contributed by atoms with Crippen LogP contribution in [-0.4, -0.2) is 16.2 Å². The lowest BCUT2D eigenvalue weighted by molar-refractivity contribution is 0.313. The highest BCUT2D eigenvalue weighted by Crippen LogP contribution is 2.34. The quantitative estimate of drug-likeness (QED) is 0.831. The largest absolute Gasteiger partial charge is 0.357 e. The molecule has 1 aromatic rings. The van der Waals surface area contributed by atoms with E-state index in [0.29, 0.717) is 11.5 Å². The normalized spacial score (nSPS) is 24.3. The molecule has 1 aromatic heterocycles. The van der Waals surface area contributed by atoms with Crippen LogP contribution >= 0.6 is 11.3 Å². The predicted molar refractivity (Wildman–Crippen MR) is 73.6 cm³/mol. The molecule has 0 amide bonds. The predicted octanol–water partition coefficient (Wildman–Crippen LogP) is 3.87. The smallest absolute Gasteiger partial charge is 0.205 e. The van der Waals surface area contributed by atoms with Crippen LogP contribution in [0.2, 0.25) is 0 Å². The van der Waals surface area contributed by atoms with Crippen molar-refractivity contribution in [1.82, 2.24) is 10.2 Å². The molecule has 0 radical (unpaired) electrons. The molecule has 0 aromatic carbocycles. The number of aromatic nitrogens is 2. The fourth-order valence-electron chi connectivity index (χ4n) is 2.44. The summed E-state index contributed by atoms with van der Waals surface area (Å²) in [6, 6.07) is 0.592. The van der Waals surface area contributed by atoms with E-state index in [0.717, 1.165) is 16.6 Å². The van der Waals surface area contributed by atoms with Gasteiger partial charge in [0.15, 0.2) is 0 Å². The van der Waals surface area contributed by atoms with E-state index >= 15 is 0 Å². The molecule has 3 nitrogen and oxygen atoms in total. The first-order chi connectivity index (χ1) is 8.09. The van der Waals surface area contributed by atoms with Gasteiger partial charge in [0.25, 0.3) is 0 Å². The van der Waals surface area contributed by atoms with E-state index < -0.39 is 0 Å². The van der Waals surface area contributed by atoms with Crippen molar-refractivity contribution < 1.29 is 0 Å². The molecule has 1 aliphatic carbocycles. The van der Waals surface area contributed by atoms with Crippen molar-refractivity contribution in [3.63, 3.8) is 0 Å². The SMILES string of the molecule is CCc1nnc(NC2CCCC(C)(C)CC2)s1. The second-order valence-corrected chi connectivity index (χ2v) is 6.85. The standard InChI is InChI=1S/C13H23N3S/c1-4-11-15-16-12(17-11)14-10-6-5-8-13(2,3)9-7-10/h10H,4-9H2,1-3H3,(H,14,16). The maximum absolute atomic E-state index is 4.21. The summed E-state index contributed by atoms with van der Waals surface area (Å²) in [7, 11) is 0. The molecule has 1 atom stereocenters. The molecule has 96 valence electrons. The van der Waals surface area contributed by atoms with Crippen molar-refractivity contribution >= 4 is 16.5 Å². The lowest BCUT2D eigenvalue weighted by Crippen LogP contribution is -2.19. The maximum Gasteiger partial charge on any atom is 0.205 e. The van der Waals surface area contributed by atoms with Crippen LogP contribution in [0, 0.1) is 5.41 Å². The summed E-state index contributed by atoms with van der Waals surface area (Å²) >= 11 is 1.70. The monoisotopic (exact) mass is 253 g/mol. The highest BCUT2D eigenvalue weighted by molar-refractivity contribution is 7.15. The Labute approximate surface area is 108 Å². The average Bonchev–Trinajstić information content (AvgIpc) is 2.66. The average molecular weight is 253 g/mol. The molecule has 0 saturated heterocycles. The first kappa shape index (κ1) is 12.8. The zero-order valence-corrected chi connectivity index (χ0v) is 11.9. The summed E-state index contributed by atoms with van der Waals surface area (Å²) < 4.78 is 0. The molecule has 17 heavy (non-hydrogen) atoms. The van der Waals surface area contributed by atoms with Gasteiger partial charge in [0.05, 0.1) is 0 Å². The van der Waals surface area contributed by atoms with Gasteiger partial charge in [0.1, 0.15) is 5.01 Å². The molecular formula is C13H23N3S. The van der Waals surface area contributed by atoms with Crippen molar-refractivity contribution in [3.8, 4) is 0 Å². The molecule has 1 saturated carbocycles. The van der Waals surface area contributed by atoms with E-state index in [1.807, 2.05) is 0 Å². The van der Waals surface area contributed by atoms with Gasteiger partial charge in [-0.3, -0.25) is 0 Å². The fraction of sp³-hybridized carbons (Fsp3) is 0.846. The number of hydrogen-bond donors (Lipinski definition) is 1. The third kappa shape index (κ3) is 3.66. The Balaban J connectivity index is 1.90. The molecule has 0 aliphatic heterocycles. The number of aryl methyl sites for hydroxylation is 1. The first-order valence-electron chi connectivity index (χ1n) is 6.68. The highest BCUT2D eigenvalue weighted by atomic mass is 32.1. The Morgan fingerprint density at radius 3 is 2.82 bits per heavy atom. The van der Waals surface area contributed by atoms with Crippen molar-refractivity contribution in [2.45, 2.75) is 65.3 Å². The molecule has 0 bridgehead atoms. The van der Waals surface area contributed by atoms with Gasteiger partial charge >= 0.3 is 0 Å². The van der Waals surface area contributed by atoms with Crippen molar-refractivity contribution in [3.05, 3.63) is 5.01 Å². The van der Waals surface area contributed by atoms with Gasteiger partial charge in [-0.25, -0.2) is 0 Å². The Hall–Kier alpha value is -0.640. The zero-order chi connectivity index (χ0) is 12.3. The summed E-state index contributed by atoms with van der Waals surface area (Å²) in [4.78, 5) is 0. The number of hydrogen-bond acceptors (Lipinski definition) is 4. The van der Waals surface area contributed by atoms with Gasteiger partial charge in [0, 0.05) is 6.04 Å². The number of nitrogens with one attached hydrogen (secondary N) is 1. The van der Waals surface area contributed by atoms with Gasteiger partial charge in [-0.05, 0) is 37.5 Å². The third-order valence-corrected chi connectivity index (χ3v) is 4.67. The van der Waals surface area contributed by atoms with Crippen LogP contribution in [0.3, 0.4) is 0 Å². The van der Waals surface area contributed by atoms with Gasteiger partial charge in [-0.2, -0.15) is 0 Å². The fourth-order valence-corrected chi connectivity index (χ4v) is 3.19. The van der Waals surface area contributed by atoms with Crippen molar-refractivity contribution in [1.29, 1.82) is 0 Å². The van der Waals surface area contributed by atoms with Gasteiger partial charge in [-0.15, -0.1) is 10.2 Å². The lowest BCUT2D eigenvalue weighted by Gasteiger charge is -2.22. The Morgan fingerprint density at radius 1 is 1.29 bits per heavy atom. The number of nitrogens with zero attached hydrogens (tertiary/aromatic N) is 2. The van der Waals surface area contributed by atoms with Crippen LogP contribution in [0.1, 0.15) is 57.9 Å². The van der Waals surface area contributed by atoms with Crippen LogP contribution in [0.5, 0.6) is 0 Å². The third-order valence-electron chi connectivity index (χ3n) is 3.67. The van der Waals surface area contributed by atoms with Crippen LogP contribution < -0.4 is 5.32 Å². The molecule has 2 rings (SSSR count). The van der Waals surface area contributed by atoms with Crippen molar-refractivity contribution in [2.75, 3.05) is 5.32 Å². The summed E-state index contributed by atoms with van der Waals surface area (Å²) in [5, 5.41) is 14.1. The van der Waals surface area contributed by atoms with E-state index in [9.17, 15) is 0 Å². The maximum atomic E-state index is 4.21. The van der Waals surface area contributed by atoms with Crippen LogP contribution in [-0.2, 0) is 6.42 Å². The van der Waals surface area contributed by atoms with Gasteiger partial charge in [-0.1, -0.05) is 38.5 Å². The van der Waals surface area contributed by atoms with Crippen LogP contribution in [0.25, 0.3) is 0 Å². The van der Waals surface area contributed by atoms with E-state index in [1.54, 1.807) is 11.3 Å². The van der Waals surface area contributed by atoms with Crippen LogP contribution in [0.4, 0.5) is 5.13 Å². The van der Waals surface area contributed by atoms with Gasteiger partial charge < -0.3 is 5.32 Å². The Bertz CT molecular complexity index is 359. The topological polar surface area (TPSA) is 37.8 Å². The Kier molecular flexibility index (Phi) is 4.02. The van der Waals surface area contributed by atoms with E-state index in [-0.39, 0.29) is 0 Å². The number of anilines is 1. The summed E-state index contributed by atoms with van der Waals surface area (Å²) in [6.07, 6.45) is 7.49. The molecule has 0 spiro atoms. The number of rotatable bonds is 3. The lowest BCUT2D eigenvalue weighted by atomic mass is 9.85. The molecule has 1 fully saturated rings. The molecule has 4 heteroatoms. The van der Waals surface area contributed by atoms with E-state index in [4.69, 9.17) is 0 Å². The second-order valence-electron chi connectivity index (χ2n) is 5.79. The zero-order valence-electron chi connectivity index (χ0n) is 11.1. The van der Waals surface area contributed by atoms with E-state index in [2.05, 4.69) is 36.3 Å². The second kappa shape index (κ2) is 5.34. The van der Waals surface area contributed by atoms with Crippen LogP contribution in [0.15, 0.2) is 0 Å². The molecule has 1 aliphatic rings. The molecule has 1 unspecified atom stereocenters. The molecular weight excluding hydrogens is 230 g/mol. The Morgan fingerprint density at radius 2 is 2.12 bits per heavy atom. The van der Waals surface area contributed by atoms with Gasteiger partial charge in [0.2, 0.25) is 5.13 Å². The molecule has 1 N–H and O–H groups in total. The highest BCUT2D eigenvalue weighted by Gasteiger charge is 2.24. The minimum absolute atomic E-state index is 0.520. The molecule has 1 heterocycles. The minimum atomic E-state index is 0.520.